The van der Waals surface area contributed by atoms with Crippen molar-refractivity contribution < 1.29 is 4.79 Å². The standard InChI is InChI=1S/C13H14ClN3O/c1-13(5-2-6-16-13)12(18)17-10-4-3-9(8-15)11(14)7-10/h3-4,7,16H,2,5-6H2,1H3,(H,17,18). The zero-order chi connectivity index (χ0) is 13.2. The minimum Gasteiger partial charge on any atom is -0.324 e. The Balaban J connectivity index is 2.12. The number of amides is 1. The van der Waals surface area contributed by atoms with Crippen LogP contribution in [-0.4, -0.2) is 18.0 Å². The first-order chi connectivity index (χ1) is 8.55. The van der Waals surface area contributed by atoms with E-state index in [2.05, 4.69) is 10.6 Å². The second-order valence-corrected chi connectivity index (χ2v) is 5.03. The van der Waals surface area contributed by atoms with Crippen molar-refractivity contribution in [3.8, 4) is 6.07 Å². The van der Waals surface area contributed by atoms with E-state index >= 15 is 0 Å². The Morgan fingerprint density at radius 3 is 2.94 bits per heavy atom. The SMILES string of the molecule is CC1(C(=O)Nc2ccc(C#N)c(Cl)c2)CCCN1. The molecule has 1 unspecified atom stereocenters. The molecular formula is C13H14ClN3O. The van der Waals surface area contributed by atoms with Crippen molar-refractivity contribution in [2.75, 3.05) is 11.9 Å². The second kappa shape index (κ2) is 4.97. The number of nitrogens with one attached hydrogen (secondary N) is 2. The third-order valence-corrected chi connectivity index (χ3v) is 3.53. The maximum atomic E-state index is 12.1. The van der Waals surface area contributed by atoms with Gasteiger partial charge in [-0.3, -0.25) is 4.79 Å². The summed E-state index contributed by atoms with van der Waals surface area (Å²) in [5, 5.41) is 15.1. The lowest BCUT2D eigenvalue weighted by molar-refractivity contribution is -0.121. The predicted octanol–water partition coefficient (Wildman–Crippen LogP) is 2.29. The van der Waals surface area contributed by atoms with Gasteiger partial charge in [0.2, 0.25) is 5.91 Å². The maximum Gasteiger partial charge on any atom is 0.244 e. The molecular weight excluding hydrogens is 250 g/mol. The summed E-state index contributed by atoms with van der Waals surface area (Å²) in [5.74, 6) is -0.0687. The fourth-order valence-electron chi connectivity index (χ4n) is 2.04. The summed E-state index contributed by atoms with van der Waals surface area (Å²) in [4.78, 5) is 12.1. The first-order valence-corrected chi connectivity index (χ1v) is 6.19. The van der Waals surface area contributed by atoms with Gasteiger partial charge in [0.25, 0.3) is 0 Å². The molecule has 1 aromatic carbocycles. The molecule has 0 bridgehead atoms. The lowest BCUT2D eigenvalue weighted by Crippen LogP contribution is -2.47. The van der Waals surface area contributed by atoms with E-state index in [9.17, 15) is 4.79 Å². The highest BCUT2D eigenvalue weighted by molar-refractivity contribution is 6.32. The van der Waals surface area contributed by atoms with E-state index in [0.717, 1.165) is 19.4 Å². The van der Waals surface area contributed by atoms with E-state index in [1.54, 1.807) is 18.2 Å². The predicted molar refractivity (Wildman–Crippen MR) is 70.4 cm³/mol. The number of halogens is 1. The number of nitrogens with zero attached hydrogens (tertiary/aromatic N) is 1. The van der Waals surface area contributed by atoms with Crippen LogP contribution in [0, 0.1) is 11.3 Å². The van der Waals surface area contributed by atoms with E-state index in [1.807, 2.05) is 13.0 Å². The molecule has 1 saturated heterocycles. The van der Waals surface area contributed by atoms with Crippen molar-refractivity contribution in [1.82, 2.24) is 5.32 Å². The summed E-state index contributed by atoms with van der Waals surface area (Å²) in [6.07, 6.45) is 1.82. The second-order valence-electron chi connectivity index (χ2n) is 4.62. The first kappa shape index (κ1) is 12.9. The Labute approximate surface area is 111 Å². The van der Waals surface area contributed by atoms with Crippen molar-refractivity contribution in [3.05, 3.63) is 28.8 Å². The van der Waals surface area contributed by atoms with Crippen LogP contribution in [0.2, 0.25) is 5.02 Å². The van der Waals surface area contributed by atoms with Gasteiger partial charge in [-0.1, -0.05) is 11.6 Å². The van der Waals surface area contributed by atoms with Gasteiger partial charge in [0.15, 0.2) is 0 Å². The molecule has 0 aliphatic carbocycles. The Morgan fingerprint density at radius 1 is 1.61 bits per heavy atom. The van der Waals surface area contributed by atoms with E-state index in [4.69, 9.17) is 16.9 Å². The molecule has 18 heavy (non-hydrogen) atoms. The molecule has 0 radical (unpaired) electrons. The van der Waals surface area contributed by atoms with Crippen molar-refractivity contribution in [2.24, 2.45) is 0 Å². The minimum absolute atomic E-state index is 0.0687. The number of benzene rings is 1. The highest BCUT2D eigenvalue weighted by atomic mass is 35.5. The molecule has 2 N–H and O–H groups in total. The highest BCUT2D eigenvalue weighted by Crippen LogP contribution is 2.23. The van der Waals surface area contributed by atoms with Crippen molar-refractivity contribution in [1.29, 1.82) is 5.26 Å². The Kier molecular flexibility index (Phi) is 3.55. The number of anilines is 1. The fraction of sp³-hybridized carbons (Fsp3) is 0.385. The molecule has 1 heterocycles. The van der Waals surface area contributed by atoms with Gasteiger partial charge >= 0.3 is 0 Å². The Hall–Kier alpha value is -1.57. The maximum absolute atomic E-state index is 12.1. The van der Waals surface area contributed by atoms with E-state index in [1.165, 1.54) is 0 Å². The third-order valence-electron chi connectivity index (χ3n) is 3.22. The Morgan fingerprint density at radius 2 is 2.39 bits per heavy atom. The van der Waals surface area contributed by atoms with Crippen LogP contribution in [-0.2, 0) is 4.79 Å². The summed E-state index contributed by atoms with van der Waals surface area (Å²) < 4.78 is 0. The number of carbonyl (C=O) groups excluding carboxylic acids is 1. The lowest BCUT2D eigenvalue weighted by Gasteiger charge is -2.23. The van der Waals surface area contributed by atoms with Crippen LogP contribution in [0.15, 0.2) is 18.2 Å². The third kappa shape index (κ3) is 2.47. The van der Waals surface area contributed by atoms with Crippen LogP contribution < -0.4 is 10.6 Å². The molecule has 2 rings (SSSR count). The van der Waals surface area contributed by atoms with Gasteiger partial charge < -0.3 is 10.6 Å². The smallest absolute Gasteiger partial charge is 0.244 e. The monoisotopic (exact) mass is 263 g/mol. The fourth-order valence-corrected chi connectivity index (χ4v) is 2.26. The zero-order valence-corrected chi connectivity index (χ0v) is 10.8. The molecule has 5 heteroatoms. The summed E-state index contributed by atoms with van der Waals surface area (Å²) >= 11 is 5.92. The molecule has 1 atom stereocenters. The minimum atomic E-state index is -0.514. The topological polar surface area (TPSA) is 64.9 Å². The van der Waals surface area contributed by atoms with Gasteiger partial charge in [0.05, 0.1) is 16.1 Å². The summed E-state index contributed by atoms with van der Waals surface area (Å²) in [7, 11) is 0. The van der Waals surface area contributed by atoms with Crippen molar-refractivity contribution >= 4 is 23.2 Å². The molecule has 1 aromatic rings. The van der Waals surface area contributed by atoms with Gasteiger partial charge in [-0.2, -0.15) is 5.26 Å². The van der Waals surface area contributed by atoms with Crippen molar-refractivity contribution in [2.45, 2.75) is 25.3 Å². The van der Waals surface area contributed by atoms with Gasteiger partial charge in [0.1, 0.15) is 6.07 Å². The average Bonchev–Trinajstić information content (AvgIpc) is 2.78. The van der Waals surface area contributed by atoms with Gasteiger partial charge in [-0.15, -0.1) is 0 Å². The summed E-state index contributed by atoms with van der Waals surface area (Å²) in [5.41, 5.74) is 0.499. The van der Waals surface area contributed by atoms with Gasteiger partial charge in [-0.05, 0) is 44.5 Å². The summed E-state index contributed by atoms with van der Waals surface area (Å²) in [6.45, 7) is 2.75. The molecule has 4 nitrogen and oxygen atoms in total. The van der Waals surface area contributed by atoms with Crippen LogP contribution in [0.25, 0.3) is 0 Å². The number of rotatable bonds is 2. The van der Waals surface area contributed by atoms with Crippen LogP contribution in [0.1, 0.15) is 25.3 Å². The highest BCUT2D eigenvalue weighted by Gasteiger charge is 2.35. The molecule has 1 fully saturated rings. The molecule has 1 amide bonds. The van der Waals surface area contributed by atoms with Gasteiger partial charge in [-0.25, -0.2) is 0 Å². The summed E-state index contributed by atoms with van der Waals surface area (Å²) in [6, 6.07) is 6.86. The molecule has 1 aliphatic heterocycles. The number of hydrogen-bond acceptors (Lipinski definition) is 3. The largest absolute Gasteiger partial charge is 0.324 e. The van der Waals surface area contributed by atoms with Crippen LogP contribution in [0.3, 0.4) is 0 Å². The van der Waals surface area contributed by atoms with Gasteiger partial charge in [0, 0.05) is 5.69 Å². The Bertz CT molecular complexity index is 515. The molecule has 0 aromatic heterocycles. The van der Waals surface area contributed by atoms with Crippen LogP contribution in [0.5, 0.6) is 0 Å². The van der Waals surface area contributed by atoms with Crippen LogP contribution >= 0.6 is 11.6 Å². The number of nitriles is 1. The quantitative estimate of drug-likeness (QED) is 0.860. The molecule has 0 spiro atoms. The average molecular weight is 264 g/mol. The lowest BCUT2D eigenvalue weighted by atomic mass is 9.99. The van der Waals surface area contributed by atoms with E-state index in [-0.39, 0.29) is 5.91 Å². The molecule has 1 aliphatic rings. The molecule has 0 saturated carbocycles. The van der Waals surface area contributed by atoms with E-state index in [0.29, 0.717) is 16.3 Å². The number of hydrogen-bond donors (Lipinski definition) is 2. The van der Waals surface area contributed by atoms with Crippen LogP contribution in [0.4, 0.5) is 5.69 Å². The molecule has 94 valence electrons. The number of carbonyl (C=O) groups is 1. The first-order valence-electron chi connectivity index (χ1n) is 5.81. The van der Waals surface area contributed by atoms with Crippen molar-refractivity contribution in [3.63, 3.8) is 0 Å². The normalized spacial score (nSPS) is 22.5. The zero-order valence-electron chi connectivity index (χ0n) is 10.1. The van der Waals surface area contributed by atoms with E-state index < -0.39 is 5.54 Å².